The molecule has 2 aromatic carbocycles. The molecule has 26 heavy (non-hydrogen) atoms. The van der Waals surface area contributed by atoms with E-state index in [1.807, 2.05) is 61.5 Å². The van der Waals surface area contributed by atoms with Gasteiger partial charge in [0.15, 0.2) is 5.60 Å². The molecule has 0 heterocycles. The molecule has 2 unspecified atom stereocenters. The molecule has 1 amide bonds. The Kier molecular flexibility index (Phi) is 6.52. The maximum atomic E-state index is 12.7. The lowest BCUT2D eigenvalue weighted by atomic mass is 9.93. The van der Waals surface area contributed by atoms with Crippen molar-refractivity contribution in [3.8, 4) is 0 Å². The first-order valence-electron chi connectivity index (χ1n) is 8.54. The minimum absolute atomic E-state index is 0.0356. The number of carboxylic acids is 1. The number of hydrogen-bond acceptors (Lipinski definition) is 3. The van der Waals surface area contributed by atoms with Crippen molar-refractivity contribution < 1.29 is 19.4 Å². The summed E-state index contributed by atoms with van der Waals surface area (Å²) in [5.41, 5.74) is 1.55. The lowest BCUT2D eigenvalue weighted by molar-refractivity contribution is -0.144. The first-order valence-corrected chi connectivity index (χ1v) is 8.54. The average Bonchev–Trinajstić information content (AvgIpc) is 2.64. The van der Waals surface area contributed by atoms with Crippen LogP contribution in [-0.2, 0) is 26.3 Å². The summed E-state index contributed by atoms with van der Waals surface area (Å²) in [5.74, 6) is -2.01. The highest BCUT2D eigenvalue weighted by Crippen LogP contribution is 2.24. The van der Waals surface area contributed by atoms with Crippen molar-refractivity contribution >= 4 is 11.9 Å². The summed E-state index contributed by atoms with van der Waals surface area (Å²) in [5, 5.41) is 12.3. The van der Waals surface area contributed by atoms with Crippen molar-refractivity contribution in [3.05, 3.63) is 71.3 Å². The fourth-order valence-electron chi connectivity index (χ4n) is 2.85. The van der Waals surface area contributed by atoms with E-state index in [1.165, 1.54) is 7.11 Å². The fraction of sp³-hybridized carbons (Fsp3) is 0.333. The number of methoxy groups -OCH3 is 1. The van der Waals surface area contributed by atoms with Gasteiger partial charge in [0.05, 0.1) is 5.92 Å². The van der Waals surface area contributed by atoms with Gasteiger partial charge in [0, 0.05) is 13.7 Å². The van der Waals surface area contributed by atoms with E-state index < -0.39 is 17.5 Å². The van der Waals surface area contributed by atoms with Gasteiger partial charge >= 0.3 is 5.97 Å². The van der Waals surface area contributed by atoms with Gasteiger partial charge in [0.2, 0.25) is 0 Å². The zero-order chi connectivity index (χ0) is 19.2. The molecular weight excluding hydrogens is 330 g/mol. The second-order valence-corrected chi connectivity index (χ2v) is 6.54. The fourth-order valence-corrected chi connectivity index (χ4v) is 2.85. The minimum Gasteiger partial charge on any atom is -0.481 e. The van der Waals surface area contributed by atoms with Gasteiger partial charge in [-0.25, -0.2) is 0 Å². The van der Waals surface area contributed by atoms with Crippen molar-refractivity contribution in [2.24, 2.45) is 5.92 Å². The Hall–Kier alpha value is -2.66. The Morgan fingerprint density at radius 2 is 1.85 bits per heavy atom. The highest BCUT2D eigenvalue weighted by Gasteiger charge is 2.35. The van der Waals surface area contributed by atoms with Gasteiger partial charge < -0.3 is 15.2 Å². The lowest BCUT2D eigenvalue weighted by Crippen LogP contribution is -2.46. The zero-order valence-corrected chi connectivity index (χ0v) is 15.4. The highest BCUT2D eigenvalue weighted by atomic mass is 16.5. The molecule has 138 valence electrons. The van der Waals surface area contributed by atoms with Crippen LogP contribution < -0.4 is 5.32 Å². The third kappa shape index (κ3) is 4.70. The summed E-state index contributed by atoms with van der Waals surface area (Å²) in [6.07, 6.45) is 0.353. The van der Waals surface area contributed by atoms with Crippen molar-refractivity contribution in [2.45, 2.75) is 25.9 Å². The minimum atomic E-state index is -1.17. The molecule has 0 saturated heterocycles. The van der Waals surface area contributed by atoms with Crippen LogP contribution in [-0.4, -0.2) is 30.6 Å². The molecule has 2 N–H and O–H groups in total. The molecule has 0 spiro atoms. The number of carboxylic acid groups (broad SMARTS) is 1. The van der Waals surface area contributed by atoms with Crippen LogP contribution in [0.2, 0.25) is 0 Å². The maximum Gasteiger partial charge on any atom is 0.308 e. The predicted molar refractivity (Wildman–Crippen MR) is 99.8 cm³/mol. The molecule has 0 aliphatic rings. The number of carbonyl (C=O) groups excluding carboxylic acids is 1. The number of benzene rings is 2. The van der Waals surface area contributed by atoms with Gasteiger partial charge in [-0.2, -0.15) is 0 Å². The van der Waals surface area contributed by atoms with Gasteiger partial charge in [0.25, 0.3) is 5.91 Å². The molecule has 0 saturated carbocycles. The summed E-state index contributed by atoms with van der Waals surface area (Å²) in [4.78, 5) is 24.3. The van der Waals surface area contributed by atoms with Gasteiger partial charge in [-0.3, -0.25) is 9.59 Å². The van der Waals surface area contributed by atoms with Crippen LogP contribution in [0.15, 0.2) is 54.6 Å². The quantitative estimate of drug-likeness (QED) is 0.763. The standard InChI is InChI=1S/C21H25NO4/c1-15-8-7-9-16(12-15)13-17(19(23)24)14-22-20(25)21(2,26-3)18-10-5-4-6-11-18/h4-12,17H,13-14H2,1-3H3,(H,22,25)(H,23,24). The molecule has 5 nitrogen and oxygen atoms in total. The van der Waals surface area contributed by atoms with Crippen LogP contribution in [0.4, 0.5) is 0 Å². The summed E-state index contributed by atoms with van der Waals surface area (Å²) in [7, 11) is 1.47. The van der Waals surface area contributed by atoms with Crippen molar-refractivity contribution in [1.82, 2.24) is 5.32 Å². The molecule has 0 fully saturated rings. The smallest absolute Gasteiger partial charge is 0.308 e. The Morgan fingerprint density at radius 3 is 2.42 bits per heavy atom. The number of aryl methyl sites for hydroxylation is 1. The molecule has 0 aromatic heterocycles. The first kappa shape index (κ1) is 19.7. The molecule has 5 heteroatoms. The lowest BCUT2D eigenvalue weighted by Gasteiger charge is -2.28. The number of aliphatic carboxylic acids is 1. The molecule has 0 aliphatic carbocycles. The summed E-state index contributed by atoms with van der Waals surface area (Å²) < 4.78 is 5.45. The third-order valence-electron chi connectivity index (χ3n) is 4.59. The Balaban J connectivity index is 2.08. The molecular formula is C21H25NO4. The van der Waals surface area contributed by atoms with E-state index >= 15 is 0 Å². The number of hydrogen-bond donors (Lipinski definition) is 2. The number of amides is 1. The van der Waals surface area contributed by atoms with Gasteiger partial charge in [-0.15, -0.1) is 0 Å². The Labute approximate surface area is 154 Å². The van der Waals surface area contributed by atoms with E-state index in [0.717, 1.165) is 11.1 Å². The SMILES string of the molecule is COC(C)(C(=O)NCC(Cc1cccc(C)c1)C(=O)O)c1ccccc1. The predicted octanol–water partition coefficient (Wildman–Crippen LogP) is 2.92. The number of ether oxygens (including phenoxy) is 1. The second kappa shape index (κ2) is 8.63. The highest BCUT2D eigenvalue weighted by molar-refractivity contribution is 5.86. The van der Waals surface area contributed by atoms with E-state index in [9.17, 15) is 14.7 Å². The summed E-state index contributed by atoms with van der Waals surface area (Å²) in [6.45, 7) is 3.67. The van der Waals surface area contributed by atoms with E-state index in [-0.39, 0.29) is 12.5 Å². The molecule has 2 rings (SSSR count). The van der Waals surface area contributed by atoms with Crippen LogP contribution >= 0.6 is 0 Å². The molecule has 0 radical (unpaired) electrons. The summed E-state index contributed by atoms with van der Waals surface area (Å²) in [6, 6.07) is 16.9. The van der Waals surface area contributed by atoms with Crippen LogP contribution in [0.1, 0.15) is 23.6 Å². The van der Waals surface area contributed by atoms with Gasteiger partial charge in [-0.1, -0.05) is 60.2 Å². The van der Waals surface area contributed by atoms with E-state index in [1.54, 1.807) is 6.92 Å². The topological polar surface area (TPSA) is 75.6 Å². The molecule has 2 aromatic rings. The first-order chi connectivity index (χ1) is 12.4. The van der Waals surface area contributed by atoms with E-state index in [4.69, 9.17) is 4.74 Å². The monoisotopic (exact) mass is 355 g/mol. The molecule has 2 atom stereocenters. The number of nitrogens with one attached hydrogen (secondary N) is 1. The third-order valence-corrected chi connectivity index (χ3v) is 4.59. The number of rotatable bonds is 8. The number of carbonyl (C=O) groups is 2. The van der Waals surface area contributed by atoms with Crippen molar-refractivity contribution in [3.63, 3.8) is 0 Å². The Bertz CT molecular complexity index is 760. The zero-order valence-electron chi connectivity index (χ0n) is 15.4. The van der Waals surface area contributed by atoms with Gasteiger partial charge in [-0.05, 0) is 31.4 Å². The largest absolute Gasteiger partial charge is 0.481 e. The molecule has 0 bridgehead atoms. The van der Waals surface area contributed by atoms with Crippen LogP contribution in [0, 0.1) is 12.8 Å². The second-order valence-electron chi connectivity index (χ2n) is 6.54. The van der Waals surface area contributed by atoms with E-state index in [2.05, 4.69) is 5.32 Å². The molecule has 0 aliphatic heterocycles. The van der Waals surface area contributed by atoms with E-state index in [0.29, 0.717) is 12.0 Å². The van der Waals surface area contributed by atoms with Gasteiger partial charge in [0.1, 0.15) is 0 Å². The van der Waals surface area contributed by atoms with Crippen LogP contribution in [0.25, 0.3) is 0 Å². The average molecular weight is 355 g/mol. The van der Waals surface area contributed by atoms with Crippen molar-refractivity contribution in [1.29, 1.82) is 0 Å². The van der Waals surface area contributed by atoms with Crippen LogP contribution in [0.3, 0.4) is 0 Å². The summed E-state index contributed by atoms with van der Waals surface area (Å²) >= 11 is 0. The van der Waals surface area contributed by atoms with Crippen LogP contribution in [0.5, 0.6) is 0 Å². The van der Waals surface area contributed by atoms with Crippen molar-refractivity contribution in [2.75, 3.05) is 13.7 Å². The maximum absolute atomic E-state index is 12.7. The Morgan fingerprint density at radius 1 is 1.15 bits per heavy atom. The normalized spacial score (nSPS) is 14.3.